The zero-order valence-electron chi connectivity index (χ0n) is 11.6. The van der Waals surface area contributed by atoms with Crippen LogP contribution >= 0.6 is 0 Å². The zero-order chi connectivity index (χ0) is 15.6. The number of sulfonamides is 1. The molecule has 0 heterocycles. The molecule has 0 aliphatic carbocycles. The summed E-state index contributed by atoms with van der Waals surface area (Å²) in [6, 6.07) is 3.58. The molecule has 2 N–H and O–H groups in total. The first-order valence-electron chi connectivity index (χ1n) is 6.02. The number of carbonyl (C=O) groups is 1. The Morgan fingerprint density at radius 3 is 2.20 bits per heavy atom. The predicted octanol–water partition coefficient (Wildman–Crippen LogP) is 1.99. The van der Waals surface area contributed by atoms with Gasteiger partial charge in [-0.1, -0.05) is 20.8 Å². The van der Waals surface area contributed by atoms with Gasteiger partial charge < -0.3 is 5.11 Å². The Balaban J connectivity index is 3.03. The molecule has 20 heavy (non-hydrogen) atoms. The van der Waals surface area contributed by atoms with Gasteiger partial charge in [0.05, 0.1) is 11.3 Å². The van der Waals surface area contributed by atoms with Crippen LogP contribution in [0.2, 0.25) is 0 Å². The number of hydrogen-bond donors (Lipinski definition) is 2. The Labute approximate surface area is 117 Å². The molecule has 5 nitrogen and oxygen atoms in total. The summed E-state index contributed by atoms with van der Waals surface area (Å²) in [6.45, 7) is 5.23. The first-order chi connectivity index (χ1) is 9.02. The van der Waals surface area contributed by atoms with E-state index in [-0.39, 0.29) is 11.3 Å². The minimum Gasteiger partial charge on any atom is -0.481 e. The molecule has 0 saturated carbocycles. The van der Waals surface area contributed by atoms with E-state index >= 15 is 0 Å². The van der Waals surface area contributed by atoms with E-state index in [0.29, 0.717) is 0 Å². The molecular weight excluding hydrogens is 285 g/mol. The van der Waals surface area contributed by atoms with Crippen molar-refractivity contribution >= 4 is 16.0 Å². The van der Waals surface area contributed by atoms with Gasteiger partial charge >= 0.3 is 5.97 Å². The van der Waals surface area contributed by atoms with Gasteiger partial charge in [0, 0.05) is 6.04 Å². The fraction of sp³-hybridized carbons (Fsp3) is 0.462. The van der Waals surface area contributed by atoms with Crippen LogP contribution in [0.4, 0.5) is 4.39 Å². The molecule has 7 heteroatoms. The van der Waals surface area contributed by atoms with E-state index in [2.05, 4.69) is 4.72 Å². The molecule has 1 aromatic rings. The van der Waals surface area contributed by atoms with Crippen molar-refractivity contribution in [1.29, 1.82) is 0 Å². The van der Waals surface area contributed by atoms with Gasteiger partial charge in [-0.25, -0.2) is 17.5 Å². The third-order valence-electron chi connectivity index (χ3n) is 2.85. The Hall–Kier alpha value is -1.47. The fourth-order valence-corrected chi connectivity index (χ4v) is 3.01. The summed E-state index contributed by atoms with van der Waals surface area (Å²) in [5.74, 6) is -1.63. The highest BCUT2D eigenvalue weighted by Gasteiger charge is 2.31. The second-order valence-electron chi connectivity index (χ2n) is 5.59. The molecule has 1 atom stereocenters. The molecule has 1 aromatic carbocycles. The van der Waals surface area contributed by atoms with Crippen molar-refractivity contribution in [1.82, 2.24) is 4.72 Å². The molecule has 1 rings (SSSR count). The van der Waals surface area contributed by atoms with Gasteiger partial charge in [-0.2, -0.15) is 0 Å². The van der Waals surface area contributed by atoms with E-state index < -0.39 is 33.3 Å². The van der Waals surface area contributed by atoms with Crippen molar-refractivity contribution in [2.45, 2.75) is 38.1 Å². The third-order valence-corrected chi connectivity index (χ3v) is 4.33. The van der Waals surface area contributed by atoms with E-state index in [4.69, 9.17) is 5.11 Å². The third kappa shape index (κ3) is 4.57. The Bertz CT molecular complexity index is 575. The quantitative estimate of drug-likeness (QED) is 0.871. The van der Waals surface area contributed by atoms with Crippen LogP contribution in [-0.4, -0.2) is 25.5 Å². The molecule has 0 fully saturated rings. The maximum Gasteiger partial charge on any atom is 0.304 e. The number of rotatable bonds is 5. The maximum atomic E-state index is 12.8. The molecule has 0 radical (unpaired) electrons. The van der Waals surface area contributed by atoms with Gasteiger partial charge in [-0.15, -0.1) is 0 Å². The van der Waals surface area contributed by atoms with Crippen LogP contribution in [0.25, 0.3) is 0 Å². The highest BCUT2D eigenvalue weighted by molar-refractivity contribution is 7.89. The number of halogens is 1. The molecule has 0 aromatic heterocycles. The summed E-state index contributed by atoms with van der Waals surface area (Å²) in [7, 11) is -3.89. The summed E-state index contributed by atoms with van der Waals surface area (Å²) in [5, 5.41) is 8.87. The lowest BCUT2D eigenvalue weighted by molar-refractivity contribution is -0.138. The van der Waals surface area contributed by atoms with Crippen LogP contribution in [0.1, 0.15) is 27.2 Å². The van der Waals surface area contributed by atoms with E-state index in [0.717, 1.165) is 24.3 Å². The number of nitrogens with one attached hydrogen (secondary N) is 1. The Kier molecular flexibility index (Phi) is 4.88. The molecular formula is C13H18FNO4S. The molecule has 112 valence electrons. The summed E-state index contributed by atoms with van der Waals surface area (Å²) in [4.78, 5) is 10.7. The second kappa shape index (κ2) is 5.88. The Morgan fingerprint density at radius 2 is 1.80 bits per heavy atom. The second-order valence-corrected chi connectivity index (χ2v) is 7.31. The molecule has 1 unspecified atom stereocenters. The van der Waals surface area contributed by atoms with E-state index in [1.807, 2.05) is 0 Å². The van der Waals surface area contributed by atoms with Crippen molar-refractivity contribution in [2.75, 3.05) is 0 Å². The van der Waals surface area contributed by atoms with Crippen molar-refractivity contribution < 1.29 is 22.7 Å². The smallest absolute Gasteiger partial charge is 0.304 e. The molecule has 0 aliphatic heterocycles. The summed E-state index contributed by atoms with van der Waals surface area (Å²) >= 11 is 0. The number of carboxylic acid groups (broad SMARTS) is 1. The standard InChI is InChI=1S/C13H18FNO4S/c1-13(2,3)11(8-12(16)17)15-20(18,19)10-6-4-9(14)5-7-10/h4-7,11,15H,8H2,1-3H3,(H,16,17). The highest BCUT2D eigenvalue weighted by Crippen LogP contribution is 2.24. The topological polar surface area (TPSA) is 83.5 Å². The van der Waals surface area contributed by atoms with E-state index in [9.17, 15) is 17.6 Å². The molecule has 0 aliphatic rings. The first kappa shape index (κ1) is 16.6. The van der Waals surface area contributed by atoms with Crippen molar-refractivity contribution in [2.24, 2.45) is 5.41 Å². The molecule has 0 bridgehead atoms. The lowest BCUT2D eigenvalue weighted by Gasteiger charge is -2.30. The van der Waals surface area contributed by atoms with Crippen LogP contribution in [0.15, 0.2) is 29.2 Å². The minimum atomic E-state index is -3.89. The van der Waals surface area contributed by atoms with Crippen molar-refractivity contribution in [3.8, 4) is 0 Å². The van der Waals surface area contributed by atoms with Gasteiger partial charge in [-0.05, 0) is 29.7 Å². The van der Waals surface area contributed by atoms with Gasteiger partial charge in [0.2, 0.25) is 10.0 Å². The predicted molar refractivity (Wildman–Crippen MR) is 72.2 cm³/mol. The number of benzene rings is 1. The van der Waals surface area contributed by atoms with E-state index in [1.54, 1.807) is 20.8 Å². The monoisotopic (exact) mass is 303 g/mol. The molecule has 0 saturated heterocycles. The molecule has 0 amide bonds. The molecule has 0 spiro atoms. The van der Waals surface area contributed by atoms with Gasteiger partial charge in [-0.3, -0.25) is 4.79 Å². The zero-order valence-corrected chi connectivity index (χ0v) is 12.4. The van der Waals surface area contributed by atoms with Gasteiger partial charge in [0.25, 0.3) is 0 Å². The van der Waals surface area contributed by atoms with Gasteiger partial charge in [0.1, 0.15) is 5.82 Å². The summed E-state index contributed by atoms with van der Waals surface area (Å²) < 4.78 is 39.5. The average molecular weight is 303 g/mol. The maximum absolute atomic E-state index is 12.8. The fourth-order valence-electron chi connectivity index (χ4n) is 1.57. The first-order valence-corrected chi connectivity index (χ1v) is 7.50. The van der Waals surface area contributed by atoms with Crippen molar-refractivity contribution in [3.63, 3.8) is 0 Å². The lowest BCUT2D eigenvalue weighted by atomic mass is 9.85. The van der Waals surface area contributed by atoms with Crippen LogP contribution in [0, 0.1) is 11.2 Å². The number of aliphatic carboxylic acids is 1. The Morgan fingerprint density at radius 1 is 1.30 bits per heavy atom. The van der Waals surface area contributed by atoms with Crippen LogP contribution in [0.3, 0.4) is 0 Å². The van der Waals surface area contributed by atoms with Crippen LogP contribution in [0.5, 0.6) is 0 Å². The highest BCUT2D eigenvalue weighted by atomic mass is 32.2. The van der Waals surface area contributed by atoms with Gasteiger partial charge in [0.15, 0.2) is 0 Å². The lowest BCUT2D eigenvalue weighted by Crippen LogP contribution is -2.44. The minimum absolute atomic E-state index is 0.0986. The average Bonchev–Trinajstić information content (AvgIpc) is 2.26. The van der Waals surface area contributed by atoms with Crippen LogP contribution < -0.4 is 4.72 Å². The summed E-state index contributed by atoms with van der Waals surface area (Å²) in [5.41, 5.74) is -0.564. The van der Waals surface area contributed by atoms with Crippen LogP contribution in [-0.2, 0) is 14.8 Å². The van der Waals surface area contributed by atoms with E-state index in [1.165, 1.54) is 0 Å². The largest absolute Gasteiger partial charge is 0.481 e. The number of hydrogen-bond acceptors (Lipinski definition) is 3. The summed E-state index contributed by atoms with van der Waals surface area (Å²) in [6.07, 6.45) is -0.329. The normalized spacial score (nSPS) is 14.0. The number of carboxylic acids is 1. The van der Waals surface area contributed by atoms with Crippen molar-refractivity contribution in [3.05, 3.63) is 30.1 Å². The SMILES string of the molecule is CC(C)(C)C(CC(=O)O)NS(=O)(=O)c1ccc(F)cc1.